The summed E-state index contributed by atoms with van der Waals surface area (Å²) >= 11 is 0. The summed E-state index contributed by atoms with van der Waals surface area (Å²) in [7, 11) is 2.33. The third-order valence-electron chi connectivity index (χ3n) is 6.09. The number of hydrogen-bond acceptors (Lipinski definition) is 1. The van der Waals surface area contributed by atoms with E-state index in [2.05, 4.69) is 48.4 Å². The van der Waals surface area contributed by atoms with Gasteiger partial charge in [0.15, 0.2) is 0 Å². The van der Waals surface area contributed by atoms with E-state index in [1.807, 2.05) is 0 Å². The van der Waals surface area contributed by atoms with Crippen LogP contribution < -0.4 is 0 Å². The van der Waals surface area contributed by atoms with Gasteiger partial charge in [-0.15, -0.1) is 0 Å². The molecule has 2 aliphatic heterocycles. The Hall–Kier alpha value is -1.08. The molecule has 5 aliphatic rings. The van der Waals surface area contributed by atoms with Crippen LogP contribution in [0.2, 0.25) is 0 Å². The molecule has 1 saturated carbocycles. The van der Waals surface area contributed by atoms with E-state index in [4.69, 9.17) is 0 Å². The first-order valence-corrected chi connectivity index (χ1v) is 7.32. The first kappa shape index (κ1) is 9.80. The predicted molar refractivity (Wildman–Crippen MR) is 72.3 cm³/mol. The average Bonchev–Trinajstić information content (AvgIpc) is 3.00. The monoisotopic (exact) mass is 237 g/mol. The Kier molecular flexibility index (Phi) is 1.68. The number of allylic oxidation sites excluding steroid dienone is 2. The first-order chi connectivity index (χ1) is 8.84. The lowest BCUT2D eigenvalue weighted by Gasteiger charge is -2.55. The standard InChI is InChI=1S/C17H19N/c1-18-9-14-12-4-2-3-5-13(12)17(18)16-11-7-6-10(8-11)15(14)16/h2-7,10-11,14-17H,8-9H2,1H3/t10-,11+,14+,15+,16+,17-/m0/s1. The highest BCUT2D eigenvalue weighted by molar-refractivity contribution is 5.42. The molecule has 0 amide bonds. The molecule has 2 heterocycles. The molecule has 0 radical (unpaired) electrons. The van der Waals surface area contributed by atoms with Crippen molar-refractivity contribution in [3.05, 3.63) is 47.5 Å². The summed E-state index contributed by atoms with van der Waals surface area (Å²) in [5.41, 5.74) is 3.31. The molecule has 1 nitrogen and oxygen atoms in total. The van der Waals surface area contributed by atoms with E-state index in [9.17, 15) is 0 Å². The van der Waals surface area contributed by atoms with E-state index in [1.165, 1.54) is 13.0 Å². The molecule has 0 aromatic heterocycles. The molecular formula is C17H19N. The molecule has 1 aromatic carbocycles. The lowest BCUT2D eigenvalue weighted by Crippen LogP contribution is -2.51. The minimum atomic E-state index is 0.691. The smallest absolute Gasteiger partial charge is 0.0385 e. The van der Waals surface area contributed by atoms with Crippen molar-refractivity contribution in [3.63, 3.8) is 0 Å². The van der Waals surface area contributed by atoms with Gasteiger partial charge >= 0.3 is 0 Å². The summed E-state index contributed by atoms with van der Waals surface area (Å²) in [4.78, 5) is 2.63. The molecule has 92 valence electrons. The van der Waals surface area contributed by atoms with E-state index >= 15 is 0 Å². The molecule has 0 unspecified atom stereocenters. The zero-order chi connectivity index (χ0) is 11.9. The van der Waals surface area contributed by atoms with Crippen molar-refractivity contribution in [1.82, 2.24) is 4.90 Å². The zero-order valence-corrected chi connectivity index (χ0v) is 10.8. The maximum atomic E-state index is 2.63. The van der Waals surface area contributed by atoms with Crippen molar-refractivity contribution in [2.24, 2.45) is 23.7 Å². The highest BCUT2D eigenvalue weighted by Gasteiger charge is 2.58. The largest absolute Gasteiger partial charge is 0.298 e. The number of likely N-dealkylation sites (N-methyl/N-ethyl adjacent to an activating group) is 1. The molecule has 6 rings (SSSR count). The third kappa shape index (κ3) is 0.958. The lowest BCUT2D eigenvalue weighted by molar-refractivity contribution is 0.0226. The van der Waals surface area contributed by atoms with Crippen molar-refractivity contribution in [3.8, 4) is 0 Å². The van der Waals surface area contributed by atoms with Gasteiger partial charge in [-0.25, -0.2) is 0 Å². The van der Waals surface area contributed by atoms with Crippen molar-refractivity contribution in [2.45, 2.75) is 18.4 Å². The van der Waals surface area contributed by atoms with Gasteiger partial charge in [-0.3, -0.25) is 4.90 Å². The van der Waals surface area contributed by atoms with Crippen LogP contribution in [0.5, 0.6) is 0 Å². The van der Waals surface area contributed by atoms with Crippen LogP contribution >= 0.6 is 0 Å². The van der Waals surface area contributed by atoms with Gasteiger partial charge in [-0.2, -0.15) is 0 Å². The fourth-order valence-corrected chi connectivity index (χ4v) is 5.62. The lowest BCUT2D eigenvalue weighted by atomic mass is 9.59. The van der Waals surface area contributed by atoms with Crippen LogP contribution in [0.4, 0.5) is 0 Å². The summed E-state index contributed by atoms with van der Waals surface area (Å²) in [6.45, 7) is 1.28. The second-order valence-electron chi connectivity index (χ2n) is 6.72. The highest BCUT2D eigenvalue weighted by atomic mass is 15.2. The summed E-state index contributed by atoms with van der Waals surface area (Å²) < 4.78 is 0. The van der Waals surface area contributed by atoms with Crippen LogP contribution in [0.25, 0.3) is 0 Å². The quantitative estimate of drug-likeness (QED) is 0.626. The van der Waals surface area contributed by atoms with Crippen molar-refractivity contribution < 1.29 is 0 Å². The SMILES string of the molecule is CN1C[C@@H]2c3ccccc3[C@H]1[C@H]1[C@@H]2[C@H]2C=C[C@@H]1C2. The zero-order valence-electron chi connectivity index (χ0n) is 10.8. The molecule has 4 bridgehead atoms. The van der Waals surface area contributed by atoms with Crippen LogP contribution in [0.3, 0.4) is 0 Å². The normalized spacial score (nSPS) is 47.4. The van der Waals surface area contributed by atoms with Gasteiger partial charge in [0.1, 0.15) is 0 Å². The minimum Gasteiger partial charge on any atom is -0.298 e. The van der Waals surface area contributed by atoms with Crippen molar-refractivity contribution >= 4 is 0 Å². The Balaban J connectivity index is 1.75. The van der Waals surface area contributed by atoms with Crippen molar-refractivity contribution in [1.29, 1.82) is 0 Å². The average molecular weight is 237 g/mol. The van der Waals surface area contributed by atoms with E-state index in [0.29, 0.717) is 6.04 Å². The van der Waals surface area contributed by atoms with Crippen LogP contribution in [0.15, 0.2) is 36.4 Å². The topological polar surface area (TPSA) is 3.24 Å². The Morgan fingerprint density at radius 2 is 1.72 bits per heavy atom. The predicted octanol–water partition coefficient (Wildman–Crippen LogP) is 3.21. The number of fused-ring (bicyclic) bond motifs is 3. The molecular weight excluding hydrogens is 218 g/mol. The van der Waals surface area contributed by atoms with E-state index in [0.717, 1.165) is 29.6 Å². The van der Waals surface area contributed by atoms with Crippen LogP contribution in [0.1, 0.15) is 29.5 Å². The number of hydrogen-bond donors (Lipinski definition) is 0. The molecule has 1 saturated heterocycles. The maximum absolute atomic E-state index is 2.63. The molecule has 1 heteroatoms. The van der Waals surface area contributed by atoms with Gasteiger partial charge in [-0.05, 0) is 48.3 Å². The third-order valence-corrected chi connectivity index (χ3v) is 6.09. The number of piperidine rings is 1. The molecule has 18 heavy (non-hydrogen) atoms. The molecule has 0 spiro atoms. The van der Waals surface area contributed by atoms with Gasteiger partial charge in [0.25, 0.3) is 0 Å². The van der Waals surface area contributed by atoms with E-state index < -0.39 is 0 Å². The van der Waals surface area contributed by atoms with E-state index in [1.54, 1.807) is 11.1 Å². The molecule has 0 N–H and O–H groups in total. The Bertz CT molecular complexity index is 546. The Labute approximate surface area is 108 Å². The molecule has 6 atom stereocenters. The van der Waals surface area contributed by atoms with Crippen LogP contribution in [-0.4, -0.2) is 18.5 Å². The number of rotatable bonds is 0. The Morgan fingerprint density at radius 1 is 1.00 bits per heavy atom. The summed E-state index contributed by atoms with van der Waals surface area (Å²) in [5, 5.41) is 0. The van der Waals surface area contributed by atoms with Crippen molar-refractivity contribution in [2.75, 3.05) is 13.6 Å². The summed E-state index contributed by atoms with van der Waals surface area (Å²) in [6.07, 6.45) is 6.47. The van der Waals surface area contributed by atoms with Gasteiger partial charge in [-0.1, -0.05) is 36.4 Å². The van der Waals surface area contributed by atoms with Crippen LogP contribution in [-0.2, 0) is 0 Å². The Morgan fingerprint density at radius 3 is 2.56 bits per heavy atom. The van der Waals surface area contributed by atoms with Crippen LogP contribution in [0, 0.1) is 23.7 Å². The maximum Gasteiger partial charge on any atom is 0.0385 e. The second-order valence-corrected chi connectivity index (χ2v) is 6.72. The molecule has 3 aliphatic carbocycles. The van der Waals surface area contributed by atoms with Gasteiger partial charge < -0.3 is 0 Å². The fourth-order valence-electron chi connectivity index (χ4n) is 5.62. The highest BCUT2D eigenvalue weighted by Crippen LogP contribution is 2.64. The molecule has 1 aromatic rings. The first-order valence-electron chi connectivity index (χ1n) is 7.32. The second kappa shape index (κ2) is 3.08. The summed E-state index contributed by atoms with van der Waals surface area (Å²) in [5.74, 6) is 4.38. The summed E-state index contributed by atoms with van der Waals surface area (Å²) in [6, 6.07) is 9.93. The van der Waals surface area contributed by atoms with Gasteiger partial charge in [0.2, 0.25) is 0 Å². The van der Waals surface area contributed by atoms with Gasteiger partial charge in [0, 0.05) is 18.5 Å². The number of nitrogens with zero attached hydrogens (tertiary/aromatic N) is 1. The fraction of sp³-hybridized carbons (Fsp3) is 0.529. The minimum absolute atomic E-state index is 0.691. The molecule has 2 fully saturated rings. The van der Waals surface area contributed by atoms with E-state index in [-0.39, 0.29) is 0 Å². The van der Waals surface area contributed by atoms with Gasteiger partial charge in [0.05, 0.1) is 0 Å². The number of benzene rings is 1.